The van der Waals surface area contributed by atoms with Gasteiger partial charge in [-0.15, -0.1) is 0 Å². The molecule has 0 saturated carbocycles. The first-order valence-electron chi connectivity index (χ1n) is 22.5. The Morgan fingerprint density at radius 2 is 1.67 bits per heavy atom. The van der Waals surface area contributed by atoms with Crippen LogP contribution < -0.4 is 10.1 Å². The lowest BCUT2D eigenvalue weighted by Gasteiger charge is -2.39. The number of nitrogens with one attached hydrogen (secondary N) is 1. The molecule has 4 N–H and O–H groups in total. The van der Waals surface area contributed by atoms with Crippen LogP contribution in [0.4, 0.5) is 0 Å². The van der Waals surface area contributed by atoms with Gasteiger partial charge in [-0.05, 0) is 60.0 Å². The van der Waals surface area contributed by atoms with Gasteiger partial charge in [0.05, 0.1) is 78.1 Å². The molecule has 0 radical (unpaired) electrons. The van der Waals surface area contributed by atoms with E-state index >= 15 is 0 Å². The number of methoxy groups -OCH3 is 1. The van der Waals surface area contributed by atoms with Crippen LogP contribution in [-0.4, -0.2) is 119 Å². The van der Waals surface area contributed by atoms with Crippen molar-refractivity contribution in [2.45, 2.75) is 143 Å². The summed E-state index contributed by atoms with van der Waals surface area (Å²) in [6.07, 6.45) is 2.40. The van der Waals surface area contributed by atoms with Crippen LogP contribution in [0.1, 0.15) is 118 Å². The highest BCUT2D eigenvalue weighted by Gasteiger charge is 2.52. The van der Waals surface area contributed by atoms with Gasteiger partial charge in [0, 0.05) is 48.3 Å². The van der Waals surface area contributed by atoms with Gasteiger partial charge in [0.1, 0.15) is 30.5 Å². The van der Waals surface area contributed by atoms with Crippen LogP contribution >= 0.6 is 0 Å². The first-order valence-corrected chi connectivity index (χ1v) is 22.5. The van der Waals surface area contributed by atoms with E-state index in [4.69, 9.17) is 37.9 Å². The Bertz CT molecular complexity index is 2280. The first-order chi connectivity index (χ1) is 31.4. The summed E-state index contributed by atoms with van der Waals surface area (Å²) in [7, 11) is 1.22. The van der Waals surface area contributed by atoms with Gasteiger partial charge in [-0.25, -0.2) is 0 Å². The lowest BCUT2D eigenvalue weighted by atomic mass is 9.79. The van der Waals surface area contributed by atoms with Crippen molar-refractivity contribution in [3.8, 4) is 11.5 Å². The summed E-state index contributed by atoms with van der Waals surface area (Å²) in [4.78, 5) is 81.1. The molecule has 1 aromatic carbocycles. The molecule has 67 heavy (non-hydrogen) atoms. The standard InChI is InChI=1S/C49H63NO17/c1-22-13-12-14-29(27(6)65-47(59)48(8,9)20-34(52)60-11)17-23(2)39(53)25(4)40(54)24(3)32(66-35-19-33-44(28(7)64-35)62-21-61-33)15-16-63-49(10)45(57)38-36-31(51)18-30(50-46(22)58)42(56)37(36)41(55)26(5)43(38)67-49/h12-16,18,23-25,27-29,32-33,35,39-40,44,53-55H,17,19-21H2,1-11H3,(H,50,58)/b14-12+,16-15+,22-13-/t23-,24-,25-,27?,28-,29+,32+,33+,35+,39-,40-,44-,49+/m1/s1. The third-order valence-electron chi connectivity index (χ3n) is 13.6. The molecule has 0 spiro atoms. The number of Topliss-reactive ketones (excluding diaryl/α,β-unsaturated/α-hetero) is 2. The van der Waals surface area contributed by atoms with Crippen LogP contribution in [0.15, 0.2) is 47.9 Å². The number of rotatable bonds is 7. The third-order valence-corrected chi connectivity index (χ3v) is 13.6. The minimum absolute atomic E-state index is 0.0277. The van der Waals surface area contributed by atoms with E-state index in [-0.39, 0.29) is 54.3 Å². The van der Waals surface area contributed by atoms with Crippen molar-refractivity contribution in [1.29, 1.82) is 0 Å². The van der Waals surface area contributed by atoms with Crippen molar-refractivity contribution in [2.24, 2.45) is 29.1 Å². The number of ketones is 3. The van der Waals surface area contributed by atoms with Crippen molar-refractivity contribution < 1.29 is 82.0 Å². The molecule has 18 nitrogen and oxygen atoms in total. The largest absolute Gasteiger partial charge is 0.507 e. The molecule has 7 rings (SSSR count). The summed E-state index contributed by atoms with van der Waals surface area (Å²) < 4.78 is 46.9. The van der Waals surface area contributed by atoms with Crippen LogP contribution in [0.3, 0.4) is 0 Å². The molecule has 5 bridgehead atoms. The number of phenolic OH excluding ortho intramolecular Hbond substituents is 1. The molecular formula is C49H63NO17. The molecular weight excluding hydrogens is 875 g/mol. The average molecular weight is 938 g/mol. The van der Waals surface area contributed by atoms with Crippen molar-refractivity contribution in [2.75, 3.05) is 13.9 Å². The molecule has 18 heteroatoms. The minimum atomic E-state index is -2.11. The number of aromatic hydroxyl groups is 1. The van der Waals surface area contributed by atoms with Crippen LogP contribution in [0.5, 0.6) is 11.5 Å². The summed E-state index contributed by atoms with van der Waals surface area (Å²) in [5.41, 5.74) is -2.82. The average Bonchev–Trinajstić information content (AvgIpc) is 3.86. The second kappa shape index (κ2) is 20.2. The van der Waals surface area contributed by atoms with Crippen molar-refractivity contribution in [3.63, 3.8) is 0 Å². The van der Waals surface area contributed by atoms with Gasteiger partial charge in [0.15, 0.2) is 12.1 Å². The highest BCUT2D eigenvalue weighted by atomic mass is 16.7. The zero-order valence-electron chi connectivity index (χ0n) is 39.8. The summed E-state index contributed by atoms with van der Waals surface area (Å²) in [6, 6.07) is 0. The fourth-order valence-corrected chi connectivity index (χ4v) is 9.11. The number of fused-ring (bicyclic) bond motifs is 15. The fourth-order valence-electron chi connectivity index (χ4n) is 9.11. The van der Waals surface area contributed by atoms with Gasteiger partial charge in [0.25, 0.3) is 11.7 Å². The van der Waals surface area contributed by atoms with E-state index in [9.17, 15) is 44.1 Å². The van der Waals surface area contributed by atoms with E-state index in [1.54, 1.807) is 53.7 Å². The number of aliphatic hydroxyl groups excluding tert-OH is 2. The molecule has 5 heterocycles. The third kappa shape index (κ3) is 10.4. The van der Waals surface area contributed by atoms with E-state index in [1.807, 2.05) is 6.92 Å². The number of amides is 1. The quantitative estimate of drug-likeness (QED) is 0.267. The summed E-state index contributed by atoms with van der Waals surface area (Å²) >= 11 is 0. The fraction of sp³-hybridized carbons (Fsp3) is 0.592. The zero-order chi connectivity index (χ0) is 49.4. The Morgan fingerprint density at radius 3 is 2.36 bits per heavy atom. The monoisotopic (exact) mass is 937 g/mol. The highest BCUT2D eigenvalue weighted by Crippen LogP contribution is 2.48. The Kier molecular flexibility index (Phi) is 15.4. The Morgan fingerprint density at radius 1 is 0.970 bits per heavy atom. The maximum Gasteiger partial charge on any atom is 0.312 e. The van der Waals surface area contributed by atoms with Gasteiger partial charge < -0.3 is 58.5 Å². The van der Waals surface area contributed by atoms with Crippen molar-refractivity contribution >= 4 is 35.2 Å². The van der Waals surface area contributed by atoms with E-state index in [2.05, 4.69) is 5.32 Å². The lowest BCUT2D eigenvalue weighted by Crippen LogP contribution is -2.48. The predicted molar refractivity (Wildman–Crippen MR) is 236 cm³/mol. The SMILES string of the molecule is COC(=O)CC(C)(C)C(=O)OC(C)[C@H]1/C=C/C=C(/C)C(=O)NC2=CC(=O)c3c(c(O)c(C)c4c3C(=O)[C@@](C)(O/C=C/[C@H](O[C@H]3C[C@@H]5OCO[C@@H]5[C@@H](C)O3)[C@@H](C)[C@@H](O)[C@H](C)[C@H](O)[C@H](C)C1)O4)C2=O. The molecule has 1 aromatic rings. The van der Waals surface area contributed by atoms with Crippen molar-refractivity contribution in [1.82, 2.24) is 5.32 Å². The number of carbonyl (C=O) groups is 6. The summed E-state index contributed by atoms with van der Waals surface area (Å²) in [6.45, 7) is 16.1. The number of allylic oxidation sites excluding steroid dienone is 4. The maximum atomic E-state index is 14.3. The number of aliphatic hydroxyl groups is 2. The van der Waals surface area contributed by atoms with Gasteiger partial charge in [-0.2, -0.15) is 0 Å². The molecule has 2 saturated heterocycles. The Hall–Kier alpha value is -5.24. The normalized spacial score (nSPS) is 34.9. The molecule has 6 aliphatic rings. The second-order valence-corrected chi connectivity index (χ2v) is 19.1. The topological polar surface area (TPSA) is 249 Å². The zero-order valence-corrected chi connectivity index (χ0v) is 39.8. The lowest BCUT2D eigenvalue weighted by molar-refractivity contribution is -0.245. The van der Waals surface area contributed by atoms with Gasteiger partial charge in [0.2, 0.25) is 5.78 Å². The van der Waals surface area contributed by atoms with E-state index in [1.165, 1.54) is 40.0 Å². The molecule has 1 aliphatic carbocycles. The van der Waals surface area contributed by atoms with Crippen LogP contribution in [0, 0.1) is 36.0 Å². The van der Waals surface area contributed by atoms with E-state index in [0.29, 0.717) is 6.42 Å². The molecule has 1 unspecified atom stereocenters. The first kappa shape index (κ1) is 51.2. The maximum absolute atomic E-state index is 14.3. The molecule has 0 aromatic heterocycles. The summed E-state index contributed by atoms with van der Waals surface area (Å²) in [5, 5.41) is 37.7. The number of phenols is 1. The Balaban J connectivity index is 1.38. The van der Waals surface area contributed by atoms with Gasteiger partial charge >= 0.3 is 17.7 Å². The number of carbonyl (C=O) groups excluding carboxylic acids is 6. The highest BCUT2D eigenvalue weighted by molar-refractivity contribution is 6.30. The van der Waals surface area contributed by atoms with Gasteiger partial charge in [-0.1, -0.05) is 39.0 Å². The molecule has 13 atom stereocenters. The molecule has 5 aliphatic heterocycles. The summed E-state index contributed by atoms with van der Waals surface area (Å²) in [5.74, 6) is -10.2. The van der Waals surface area contributed by atoms with E-state index < -0.39 is 129 Å². The molecule has 2 fully saturated rings. The number of hydrogen-bond acceptors (Lipinski definition) is 17. The number of esters is 2. The number of ether oxygens (including phenoxy) is 8. The van der Waals surface area contributed by atoms with Crippen LogP contribution in [0.25, 0.3) is 0 Å². The molecule has 1 amide bonds. The van der Waals surface area contributed by atoms with Gasteiger partial charge in [-0.3, -0.25) is 28.8 Å². The minimum Gasteiger partial charge on any atom is -0.507 e. The second-order valence-electron chi connectivity index (χ2n) is 19.1. The number of benzene rings is 1. The smallest absolute Gasteiger partial charge is 0.312 e. The number of hydrogen-bond donors (Lipinski definition) is 4. The predicted octanol–water partition coefficient (Wildman–Crippen LogP) is 4.84. The molecule has 366 valence electrons. The van der Waals surface area contributed by atoms with Crippen LogP contribution in [0.2, 0.25) is 0 Å². The van der Waals surface area contributed by atoms with E-state index in [0.717, 1.165) is 12.3 Å². The Labute approximate surface area is 389 Å². The van der Waals surface area contributed by atoms with Crippen LogP contribution in [-0.2, 0) is 47.5 Å². The van der Waals surface area contributed by atoms with Crippen molar-refractivity contribution in [3.05, 3.63) is 70.2 Å².